The molecule has 0 spiro atoms. The molecule has 13 heavy (non-hydrogen) atoms. The SMILES string of the molecule is CCC(=O)NCCCCC(=O)OC. The standard InChI is InChI=1S/C9H17NO3/c1-3-8(11)10-7-5-4-6-9(12)13-2/h3-7H2,1-2H3,(H,10,11). The first-order chi connectivity index (χ1) is 6.20. The van der Waals surface area contributed by atoms with Crippen LogP contribution in [0.15, 0.2) is 0 Å². The van der Waals surface area contributed by atoms with Gasteiger partial charge in [0.05, 0.1) is 7.11 Å². The van der Waals surface area contributed by atoms with Crippen LogP contribution in [0.1, 0.15) is 32.6 Å². The quantitative estimate of drug-likeness (QED) is 0.495. The molecule has 0 rings (SSSR count). The summed E-state index contributed by atoms with van der Waals surface area (Å²) < 4.78 is 4.47. The van der Waals surface area contributed by atoms with Crippen LogP contribution in [0.3, 0.4) is 0 Å². The van der Waals surface area contributed by atoms with E-state index in [1.807, 2.05) is 6.92 Å². The molecule has 0 aromatic carbocycles. The van der Waals surface area contributed by atoms with Crippen molar-refractivity contribution in [2.24, 2.45) is 0 Å². The molecule has 0 fully saturated rings. The van der Waals surface area contributed by atoms with Crippen LogP contribution in [-0.4, -0.2) is 25.5 Å². The largest absolute Gasteiger partial charge is 0.469 e. The molecule has 1 N–H and O–H groups in total. The van der Waals surface area contributed by atoms with Crippen molar-refractivity contribution in [3.8, 4) is 0 Å². The Bertz CT molecular complexity index is 150. The number of hydrogen-bond donors (Lipinski definition) is 1. The predicted octanol–water partition coefficient (Wildman–Crippen LogP) is 0.856. The van der Waals surface area contributed by atoms with Gasteiger partial charge in [0.15, 0.2) is 0 Å². The summed E-state index contributed by atoms with van der Waals surface area (Å²) in [4.78, 5) is 21.4. The number of carbonyl (C=O) groups excluding carboxylic acids is 2. The maximum Gasteiger partial charge on any atom is 0.305 e. The van der Waals surface area contributed by atoms with Crippen LogP contribution in [0.5, 0.6) is 0 Å². The normalized spacial score (nSPS) is 9.38. The Morgan fingerprint density at radius 2 is 2.00 bits per heavy atom. The zero-order valence-electron chi connectivity index (χ0n) is 8.26. The van der Waals surface area contributed by atoms with Gasteiger partial charge in [-0.2, -0.15) is 0 Å². The van der Waals surface area contributed by atoms with Crippen molar-refractivity contribution in [1.82, 2.24) is 5.32 Å². The summed E-state index contributed by atoms with van der Waals surface area (Å²) in [5.74, 6) is -0.139. The lowest BCUT2D eigenvalue weighted by atomic mass is 10.2. The van der Waals surface area contributed by atoms with Gasteiger partial charge < -0.3 is 10.1 Å². The average molecular weight is 187 g/mol. The van der Waals surface area contributed by atoms with Crippen molar-refractivity contribution in [1.29, 1.82) is 0 Å². The lowest BCUT2D eigenvalue weighted by Crippen LogP contribution is -2.23. The summed E-state index contributed by atoms with van der Waals surface area (Å²) in [7, 11) is 1.38. The van der Waals surface area contributed by atoms with Crippen LogP contribution in [0.4, 0.5) is 0 Å². The fourth-order valence-corrected chi connectivity index (χ4v) is 0.849. The van der Waals surface area contributed by atoms with Gasteiger partial charge in [-0.15, -0.1) is 0 Å². The van der Waals surface area contributed by atoms with Crippen molar-refractivity contribution >= 4 is 11.9 Å². The van der Waals surface area contributed by atoms with E-state index in [-0.39, 0.29) is 11.9 Å². The number of methoxy groups -OCH3 is 1. The van der Waals surface area contributed by atoms with Crippen molar-refractivity contribution in [2.45, 2.75) is 32.6 Å². The highest BCUT2D eigenvalue weighted by Gasteiger charge is 1.99. The molecule has 0 bridgehead atoms. The summed E-state index contributed by atoms with van der Waals surface area (Å²) in [6, 6.07) is 0. The topological polar surface area (TPSA) is 55.4 Å². The number of amides is 1. The minimum Gasteiger partial charge on any atom is -0.469 e. The van der Waals surface area contributed by atoms with Gasteiger partial charge in [-0.25, -0.2) is 0 Å². The minimum absolute atomic E-state index is 0.0538. The molecule has 0 aliphatic carbocycles. The highest BCUT2D eigenvalue weighted by atomic mass is 16.5. The summed E-state index contributed by atoms with van der Waals surface area (Å²) in [5, 5.41) is 2.73. The first-order valence-corrected chi connectivity index (χ1v) is 4.54. The minimum atomic E-state index is -0.193. The number of esters is 1. The lowest BCUT2D eigenvalue weighted by Gasteiger charge is -2.02. The van der Waals surface area contributed by atoms with E-state index >= 15 is 0 Å². The molecular formula is C9H17NO3. The number of rotatable bonds is 6. The monoisotopic (exact) mass is 187 g/mol. The Morgan fingerprint density at radius 3 is 2.54 bits per heavy atom. The van der Waals surface area contributed by atoms with E-state index in [2.05, 4.69) is 10.1 Å². The van der Waals surface area contributed by atoms with Crippen LogP contribution < -0.4 is 5.32 Å². The van der Waals surface area contributed by atoms with E-state index in [4.69, 9.17) is 0 Å². The number of unbranched alkanes of at least 4 members (excludes halogenated alkanes) is 1. The lowest BCUT2D eigenvalue weighted by molar-refractivity contribution is -0.140. The molecule has 0 heterocycles. The smallest absolute Gasteiger partial charge is 0.305 e. The summed E-state index contributed by atoms with van der Waals surface area (Å²) in [6.07, 6.45) is 2.52. The highest BCUT2D eigenvalue weighted by molar-refractivity contribution is 5.75. The van der Waals surface area contributed by atoms with Crippen molar-refractivity contribution < 1.29 is 14.3 Å². The van der Waals surface area contributed by atoms with Gasteiger partial charge >= 0.3 is 5.97 Å². The van der Waals surface area contributed by atoms with Gasteiger partial charge in [-0.1, -0.05) is 6.92 Å². The van der Waals surface area contributed by atoms with Gasteiger partial charge in [-0.3, -0.25) is 9.59 Å². The van der Waals surface area contributed by atoms with E-state index in [0.29, 0.717) is 19.4 Å². The van der Waals surface area contributed by atoms with Crippen molar-refractivity contribution in [3.63, 3.8) is 0 Å². The average Bonchev–Trinajstić information content (AvgIpc) is 2.16. The van der Waals surface area contributed by atoms with E-state index in [1.54, 1.807) is 0 Å². The molecule has 0 atom stereocenters. The Hall–Kier alpha value is -1.06. The number of ether oxygens (including phenoxy) is 1. The Labute approximate surface area is 78.6 Å². The third kappa shape index (κ3) is 7.31. The van der Waals surface area contributed by atoms with Gasteiger partial charge in [0.1, 0.15) is 0 Å². The van der Waals surface area contributed by atoms with Crippen LogP contribution in [-0.2, 0) is 14.3 Å². The fraction of sp³-hybridized carbons (Fsp3) is 0.778. The Balaban J connectivity index is 3.17. The maximum absolute atomic E-state index is 10.8. The van der Waals surface area contributed by atoms with Crippen LogP contribution >= 0.6 is 0 Å². The third-order valence-electron chi connectivity index (χ3n) is 1.68. The second kappa shape index (κ2) is 7.58. The molecule has 0 radical (unpaired) electrons. The van der Waals surface area contributed by atoms with Crippen LogP contribution in [0.25, 0.3) is 0 Å². The van der Waals surface area contributed by atoms with E-state index < -0.39 is 0 Å². The van der Waals surface area contributed by atoms with Crippen LogP contribution in [0, 0.1) is 0 Å². The first kappa shape index (κ1) is 11.9. The predicted molar refractivity (Wildman–Crippen MR) is 49.2 cm³/mol. The van der Waals surface area contributed by atoms with Gasteiger partial charge in [0.2, 0.25) is 5.91 Å². The van der Waals surface area contributed by atoms with Gasteiger partial charge in [0, 0.05) is 19.4 Å². The molecule has 76 valence electrons. The molecule has 0 aliphatic heterocycles. The molecule has 0 saturated heterocycles. The Morgan fingerprint density at radius 1 is 1.31 bits per heavy atom. The van der Waals surface area contributed by atoms with Crippen LogP contribution in [0.2, 0.25) is 0 Å². The number of carbonyl (C=O) groups is 2. The molecular weight excluding hydrogens is 170 g/mol. The molecule has 0 unspecified atom stereocenters. The summed E-state index contributed by atoms with van der Waals surface area (Å²) in [6.45, 7) is 2.45. The second-order valence-corrected chi connectivity index (χ2v) is 2.74. The van der Waals surface area contributed by atoms with Crippen molar-refractivity contribution in [3.05, 3.63) is 0 Å². The van der Waals surface area contributed by atoms with Crippen molar-refractivity contribution in [2.75, 3.05) is 13.7 Å². The molecule has 1 amide bonds. The van der Waals surface area contributed by atoms with Gasteiger partial charge in [-0.05, 0) is 12.8 Å². The van der Waals surface area contributed by atoms with Gasteiger partial charge in [0.25, 0.3) is 0 Å². The Kier molecular flexibility index (Phi) is 6.96. The molecule has 4 heteroatoms. The molecule has 0 aliphatic rings. The zero-order valence-corrected chi connectivity index (χ0v) is 8.26. The molecule has 0 aromatic heterocycles. The van der Waals surface area contributed by atoms with E-state index in [9.17, 15) is 9.59 Å². The van der Waals surface area contributed by atoms with E-state index in [0.717, 1.165) is 12.8 Å². The second-order valence-electron chi connectivity index (χ2n) is 2.74. The molecule has 0 aromatic rings. The van der Waals surface area contributed by atoms with E-state index in [1.165, 1.54) is 7.11 Å². The maximum atomic E-state index is 10.8. The summed E-state index contributed by atoms with van der Waals surface area (Å²) >= 11 is 0. The third-order valence-corrected chi connectivity index (χ3v) is 1.68. The number of hydrogen-bond acceptors (Lipinski definition) is 3. The summed E-state index contributed by atoms with van der Waals surface area (Å²) in [5.41, 5.74) is 0. The molecule has 0 saturated carbocycles. The fourth-order valence-electron chi connectivity index (χ4n) is 0.849. The zero-order chi connectivity index (χ0) is 10.1. The number of nitrogens with one attached hydrogen (secondary N) is 1. The molecule has 4 nitrogen and oxygen atoms in total. The first-order valence-electron chi connectivity index (χ1n) is 4.54. The highest BCUT2D eigenvalue weighted by Crippen LogP contribution is 1.95.